The second kappa shape index (κ2) is 8.46. The van der Waals surface area contributed by atoms with Crippen LogP contribution in [0.4, 0.5) is 0 Å². The minimum atomic E-state index is -1.16. The van der Waals surface area contributed by atoms with Gasteiger partial charge in [0, 0.05) is 25.3 Å². The lowest BCUT2D eigenvalue weighted by Crippen LogP contribution is -2.37. The maximum absolute atomic E-state index is 6.01. The van der Waals surface area contributed by atoms with E-state index >= 15 is 0 Å². The number of hydrogen-bond donors (Lipinski definition) is 0. The molecule has 15 heavy (non-hydrogen) atoms. The number of hydrogen-bond acceptors (Lipinski definition) is 3. The molecule has 0 aromatic carbocycles. The fourth-order valence-corrected chi connectivity index (χ4v) is 5.66. The molecule has 2 atom stereocenters. The van der Waals surface area contributed by atoms with Gasteiger partial charge in [0.05, 0.1) is 0 Å². The summed E-state index contributed by atoms with van der Waals surface area (Å²) in [6, 6.07) is 0. The summed E-state index contributed by atoms with van der Waals surface area (Å²) < 4.78 is 16.9. The van der Waals surface area contributed by atoms with E-state index in [-0.39, 0.29) is 0 Å². The Balaban J connectivity index is 4.23. The van der Waals surface area contributed by atoms with Crippen molar-refractivity contribution in [1.29, 1.82) is 0 Å². The topological polar surface area (TPSA) is 27.7 Å². The summed E-state index contributed by atoms with van der Waals surface area (Å²) in [5.41, 5.74) is 1.03. The lowest BCUT2D eigenvalue weighted by Gasteiger charge is -2.25. The Labute approximate surface area is 97.8 Å². The Hall–Kier alpha value is 0.314. The van der Waals surface area contributed by atoms with E-state index < -0.39 is 18.6 Å². The molecule has 5 heteroatoms. The van der Waals surface area contributed by atoms with Crippen LogP contribution < -0.4 is 0 Å². The van der Waals surface area contributed by atoms with E-state index in [4.69, 9.17) is 13.0 Å². The third-order valence-electron chi connectivity index (χ3n) is 2.63. The highest BCUT2D eigenvalue weighted by atomic mass is 28.4. The average molecular weight is 248 g/mol. The van der Waals surface area contributed by atoms with Crippen LogP contribution in [-0.2, 0) is 13.0 Å². The molecule has 0 aliphatic carbocycles. The Bertz CT molecular complexity index is 142. The zero-order valence-corrected chi connectivity index (χ0v) is 12.8. The zero-order valence-electron chi connectivity index (χ0n) is 10.8. The first-order valence-corrected chi connectivity index (χ1v) is 8.38. The summed E-state index contributed by atoms with van der Waals surface area (Å²) in [5, 5.41) is 0. The van der Waals surface area contributed by atoms with Crippen molar-refractivity contribution in [2.24, 2.45) is 0 Å². The van der Waals surface area contributed by atoms with Crippen LogP contribution in [0.15, 0.2) is 0 Å². The normalized spacial score (nSPS) is 16.0. The summed E-state index contributed by atoms with van der Waals surface area (Å²) in [6.07, 6.45) is 2.20. The van der Waals surface area contributed by atoms with E-state index in [0.29, 0.717) is 11.1 Å². The van der Waals surface area contributed by atoms with Crippen LogP contribution in [0.3, 0.4) is 0 Å². The molecule has 0 bridgehead atoms. The quantitative estimate of drug-likeness (QED) is 0.618. The van der Waals surface area contributed by atoms with Gasteiger partial charge in [-0.15, -0.1) is 0 Å². The van der Waals surface area contributed by atoms with E-state index in [1.54, 1.807) is 14.2 Å². The van der Waals surface area contributed by atoms with Gasteiger partial charge in [-0.25, -0.2) is 0 Å². The van der Waals surface area contributed by atoms with Gasteiger partial charge in [0.1, 0.15) is 0 Å². The van der Waals surface area contributed by atoms with Gasteiger partial charge in [0.15, 0.2) is 0 Å². The van der Waals surface area contributed by atoms with E-state index in [0.717, 1.165) is 12.8 Å². The van der Waals surface area contributed by atoms with Gasteiger partial charge in [0.2, 0.25) is 0 Å². The molecule has 0 aliphatic rings. The fraction of sp³-hybridized carbons (Fsp3) is 1.00. The van der Waals surface area contributed by atoms with Crippen LogP contribution >= 0.6 is 0 Å². The molecule has 0 saturated heterocycles. The molecule has 3 nitrogen and oxygen atoms in total. The summed E-state index contributed by atoms with van der Waals surface area (Å²) >= 11 is 0. The molecule has 2 radical (unpaired) electrons. The Morgan fingerprint density at radius 1 is 0.867 bits per heavy atom. The van der Waals surface area contributed by atoms with Crippen LogP contribution in [0.1, 0.15) is 40.5 Å². The highest BCUT2D eigenvalue weighted by Crippen LogP contribution is 2.21. The van der Waals surface area contributed by atoms with Crippen molar-refractivity contribution in [2.75, 3.05) is 14.2 Å². The lowest BCUT2D eigenvalue weighted by molar-refractivity contribution is 0.262. The molecular weight excluding hydrogens is 224 g/mol. The smallest absolute Gasteiger partial charge is 0.377 e. The Morgan fingerprint density at radius 2 is 1.20 bits per heavy atom. The molecule has 0 aromatic rings. The average Bonchev–Trinajstić information content (AvgIpc) is 2.28. The molecule has 0 fully saturated rings. The first-order chi connectivity index (χ1) is 7.10. The van der Waals surface area contributed by atoms with Gasteiger partial charge >= 0.3 is 18.6 Å². The second-order valence-electron chi connectivity index (χ2n) is 3.77. The van der Waals surface area contributed by atoms with Crippen molar-refractivity contribution in [3.63, 3.8) is 0 Å². The van der Waals surface area contributed by atoms with Crippen LogP contribution in [0, 0.1) is 0 Å². The van der Waals surface area contributed by atoms with Gasteiger partial charge in [-0.2, -0.15) is 0 Å². The monoisotopic (exact) mass is 248 g/mol. The predicted molar refractivity (Wildman–Crippen MR) is 66.0 cm³/mol. The van der Waals surface area contributed by atoms with Crippen LogP contribution in [0.2, 0.25) is 11.1 Å². The van der Waals surface area contributed by atoms with Crippen LogP contribution in [0.25, 0.3) is 0 Å². The van der Waals surface area contributed by atoms with Crippen molar-refractivity contribution in [2.45, 2.75) is 51.6 Å². The second-order valence-corrected chi connectivity index (χ2v) is 8.65. The molecule has 0 rings (SSSR count). The SMILES string of the molecule is CCC(C)[Si](OC)O[Si](OC)C(C)CC. The molecule has 0 amide bonds. The summed E-state index contributed by atoms with van der Waals surface area (Å²) in [6.45, 7) is 8.70. The molecular formula is C10H24O3Si2. The van der Waals surface area contributed by atoms with Crippen molar-refractivity contribution in [3.05, 3.63) is 0 Å². The molecule has 0 aromatic heterocycles. The Morgan fingerprint density at radius 3 is 1.40 bits per heavy atom. The summed E-state index contributed by atoms with van der Waals surface area (Å²) in [4.78, 5) is 0. The van der Waals surface area contributed by atoms with Crippen LogP contribution in [-0.4, -0.2) is 32.8 Å². The molecule has 0 aliphatic heterocycles. The summed E-state index contributed by atoms with van der Waals surface area (Å²) in [5.74, 6) is 0. The zero-order chi connectivity index (χ0) is 11.8. The molecule has 2 unspecified atom stereocenters. The van der Waals surface area contributed by atoms with Gasteiger partial charge in [-0.05, 0) is 0 Å². The van der Waals surface area contributed by atoms with Crippen molar-refractivity contribution in [1.82, 2.24) is 0 Å². The standard InChI is InChI=1S/C10H24O3Si2/c1-7-9(3)14(11-5)13-15(12-6)10(4)8-2/h9-10H,7-8H2,1-6H3. The third kappa shape index (κ3) is 5.26. The first kappa shape index (κ1) is 15.3. The van der Waals surface area contributed by atoms with Crippen molar-refractivity contribution in [3.8, 4) is 0 Å². The molecule has 0 heterocycles. The van der Waals surface area contributed by atoms with Crippen molar-refractivity contribution < 1.29 is 13.0 Å². The van der Waals surface area contributed by atoms with E-state index in [2.05, 4.69) is 27.7 Å². The van der Waals surface area contributed by atoms with Crippen molar-refractivity contribution >= 4 is 18.6 Å². The molecule has 0 saturated carbocycles. The molecule has 0 N–H and O–H groups in total. The maximum Gasteiger partial charge on any atom is 0.377 e. The predicted octanol–water partition coefficient (Wildman–Crippen LogP) is 2.87. The van der Waals surface area contributed by atoms with Gasteiger partial charge in [-0.3, -0.25) is 0 Å². The molecule has 90 valence electrons. The van der Waals surface area contributed by atoms with E-state index in [9.17, 15) is 0 Å². The Kier molecular flexibility index (Phi) is 8.64. The molecule has 0 spiro atoms. The highest BCUT2D eigenvalue weighted by molar-refractivity contribution is 6.60. The first-order valence-electron chi connectivity index (χ1n) is 5.60. The maximum atomic E-state index is 6.01. The number of rotatable bonds is 8. The van der Waals surface area contributed by atoms with Gasteiger partial charge < -0.3 is 13.0 Å². The third-order valence-corrected chi connectivity index (χ3v) is 7.47. The minimum Gasteiger partial charge on any atom is -0.412 e. The van der Waals surface area contributed by atoms with E-state index in [1.165, 1.54) is 0 Å². The van der Waals surface area contributed by atoms with Crippen LogP contribution in [0.5, 0.6) is 0 Å². The van der Waals surface area contributed by atoms with E-state index in [1.807, 2.05) is 0 Å². The lowest BCUT2D eigenvalue weighted by atomic mass is 10.4. The summed E-state index contributed by atoms with van der Waals surface area (Å²) in [7, 11) is 1.17. The minimum absolute atomic E-state index is 0.513. The highest BCUT2D eigenvalue weighted by Gasteiger charge is 2.31. The van der Waals surface area contributed by atoms with Gasteiger partial charge in [-0.1, -0.05) is 40.5 Å². The largest absolute Gasteiger partial charge is 0.412 e. The van der Waals surface area contributed by atoms with Gasteiger partial charge in [0.25, 0.3) is 0 Å². The fourth-order valence-electron chi connectivity index (χ4n) is 1.12.